The number of benzene rings is 1. The highest BCUT2D eigenvalue weighted by molar-refractivity contribution is 7.99. The quantitative estimate of drug-likeness (QED) is 0.625. The molecule has 2 rings (SSSR count). The lowest BCUT2D eigenvalue weighted by atomic mass is 9.94. The summed E-state index contributed by atoms with van der Waals surface area (Å²) in [5.41, 5.74) is 1.22. The molecule has 0 saturated carbocycles. The van der Waals surface area contributed by atoms with Gasteiger partial charge < -0.3 is 15.3 Å². The van der Waals surface area contributed by atoms with Crippen molar-refractivity contribution in [3.63, 3.8) is 0 Å². The molecule has 3 nitrogen and oxygen atoms in total. The molecule has 1 saturated heterocycles. The molecule has 1 aliphatic heterocycles. The van der Waals surface area contributed by atoms with E-state index in [1.165, 1.54) is 30.1 Å². The van der Waals surface area contributed by atoms with E-state index in [2.05, 4.69) is 48.5 Å². The highest BCUT2D eigenvalue weighted by Crippen LogP contribution is 2.24. The molecule has 2 N–H and O–H groups in total. The van der Waals surface area contributed by atoms with Crippen molar-refractivity contribution in [3.8, 4) is 0 Å². The van der Waals surface area contributed by atoms with Gasteiger partial charge in [0, 0.05) is 35.5 Å². The lowest BCUT2D eigenvalue weighted by Crippen LogP contribution is -2.43. The third-order valence-corrected chi connectivity index (χ3v) is 4.98. The Labute approximate surface area is 126 Å². The van der Waals surface area contributed by atoms with E-state index in [1.807, 2.05) is 0 Å². The van der Waals surface area contributed by atoms with Crippen LogP contribution in [0.1, 0.15) is 19.8 Å². The number of aliphatic hydroxyl groups is 1. The molecule has 1 heterocycles. The van der Waals surface area contributed by atoms with Gasteiger partial charge in [0.25, 0.3) is 0 Å². The average Bonchev–Trinajstić information content (AvgIpc) is 2.44. The van der Waals surface area contributed by atoms with Gasteiger partial charge >= 0.3 is 0 Å². The molecular weight excluding hydrogens is 268 g/mol. The molecule has 0 spiro atoms. The Balaban J connectivity index is 1.84. The number of aliphatic hydroxyl groups excluding tert-OH is 1. The molecule has 0 aromatic heterocycles. The van der Waals surface area contributed by atoms with E-state index in [0.29, 0.717) is 12.0 Å². The van der Waals surface area contributed by atoms with Crippen LogP contribution in [0.2, 0.25) is 0 Å². The van der Waals surface area contributed by atoms with E-state index in [1.54, 1.807) is 11.8 Å². The largest absolute Gasteiger partial charge is 0.396 e. The van der Waals surface area contributed by atoms with Gasteiger partial charge in [0.1, 0.15) is 0 Å². The number of nitrogens with zero attached hydrogens (tertiary/aromatic N) is 1. The Morgan fingerprint density at radius 2 is 2.10 bits per heavy atom. The molecule has 0 radical (unpaired) electrons. The van der Waals surface area contributed by atoms with Crippen molar-refractivity contribution < 1.29 is 5.11 Å². The van der Waals surface area contributed by atoms with E-state index in [-0.39, 0.29) is 6.61 Å². The van der Waals surface area contributed by atoms with Gasteiger partial charge in [-0.1, -0.05) is 6.92 Å². The summed E-state index contributed by atoms with van der Waals surface area (Å²) < 4.78 is 0. The Morgan fingerprint density at radius 3 is 2.75 bits per heavy atom. The van der Waals surface area contributed by atoms with Crippen LogP contribution in [0.25, 0.3) is 0 Å². The van der Waals surface area contributed by atoms with Crippen LogP contribution in [-0.2, 0) is 0 Å². The monoisotopic (exact) mass is 294 g/mol. The van der Waals surface area contributed by atoms with Gasteiger partial charge in [-0.25, -0.2) is 0 Å². The third kappa shape index (κ3) is 4.69. The zero-order chi connectivity index (χ0) is 14.4. The van der Waals surface area contributed by atoms with Crippen LogP contribution in [0.5, 0.6) is 0 Å². The van der Waals surface area contributed by atoms with E-state index < -0.39 is 0 Å². The van der Waals surface area contributed by atoms with Gasteiger partial charge in [0.05, 0.1) is 0 Å². The molecule has 112 valence electrons. The summed E-state index contributed by atoms with van der Waals surface area (Å²) in [6, 6.07) is 9.27. The number of hydrogen-bond donors (Lipinski definition) is 2. The van der Waals surface area contributed by atoms with Gasteiger partial charge in [-0.05, 0) is 56.6 Å². The predicted molar refractivity (Wildman–Crippen MR) is 87.6 cm³/mol. The molecule has 1 aromatic carbocycles. The Morgan fingerprint density at radius 1 is 1.35 bits per heavy atom. The first-order chi connectivity index (χ1) is 9.69. The van der Waals surface area contributed by atoms with Crippen molar-refractivity contribution >= 4 is 17.4 Å². The standard InChI is InChI=1S/C16H26N2OS/c1-13-12-18(2)9-8-16(13)17-14-4-6-15(7-5-14)20-11-3-10-19/h4-7,13,16-17,19H,3,8-12H2,1-2H3. The van der Waals surface area contributed by atoms with E-state index in [9.17, 15) is 0 Å². The van der Waals surface area contributed by atoms with Crippen LogP contribution in [0.3, 0.4) is 0 Å². The minimum Gasteiger partial charge on any atom is -0.396 e. The fraction of sp³-hybridized carbons (Fsp3) is 0.625. The summed E-state index contributed by atoms with van der Waals surface area (Å²) in [6.07, 6.45) is 2.07. The zero-order valence-electron chi connectivity index (χ0n) is 12.5. The van der Waals surface area contributed by atoms with Crippen molar-refractivity contribution in [2.24, 2.45) is 5.92 Å². The minimum absolute atomic E-state index is 0.278. The zero-order valence-corrected chi connectivity index (χ0v) is 13.3. The maximum absolute atomic E-state index is 8.79. The second-order valence-electron chi connectivity index (χ2n) is 5.73. The lowest BCUT2D eigenvalue weighted by molar-refractivity contribution is 0.206. The SMILES string of the molecule is CC1CN(C)CCC1Nc1ccc(SCCCO)cc1. The van der Waals surface area contributed by atoms with Crippen molar-refractivity contribution in [2.75, 3.05) is 37.8 Å². The molecule has 0 amide bonds. The average molecular weight is 294 g/mol. The summed E-state index contributed by atoms with van der Waals surface area (Å²) in [6.45, 7) is 4.96. The summed E-state index contributed by atoms with van der Waals surface area (Å²) in [5, 5.41) is 12.5. The minimum atomic E-state index is 0.278. The maximum Gasteiger partial charge on any atom is 0.0439 e. The molecule has 1 aromatic rings. The topological polar surface area (TPSA) is 35.5 Å². The molecule has 0 aliphatic carbocycles. The molecule has 20 heavy (non-hydrogen) atoms. The van der Waals surface area contributed by atoms with E-state index in [4.69, 9.17) is 5.11 Å². The molecule has 1 aliphatic rings. The molecular formula is C16H26N2OS. The normalized spacial score (nSPS) is 23.8. The number of anilines is 1. The molecule has 0 bridgehead atoms. The van der Waals surface area contributed by atoms with Gasteiger partial charge in [-0.2, -0.15) is 0 Å². The summed E-state index contributed by atoms with van der Waals surface area (Å²) in [5.74, 6) is 1.67. The Bertz CT molecular complexity index is 396. The Kier molecular flexibility index (Phi) is 6.20. The van der Waals surface area contributed by atoms with Crippen LogP contribution in [0.15, 0.2) is 29.2 Å². The van der Waals surface area contributed by atoms with Gasteiger partial charge in [-0.3, -0.25) is 0 Å². The molecule has 1 fully saturated rings. The second kappa shape index (κ2) is 7.91. The van der Waals surface area contributed by atoms with Crippen molar-refractivity contribution in [2.45, 2.75) is 30.7 Å². The first-order valence-corrected chi connectivity index (χ1v) is 8.46. The highest BCUT2D eigenvalue weighted by Gasteiger charge is 2.23. The smallest absolute Gasteiger partial charge is 0.0439 e. The van der Waals surface area contributed by atoms with E-state index in [0.717, 1.165) is 12.2 Å². The van der Waals surface area contributed by atoms with Crippen LogP contribution in [-0.4, -0.2) is 48.5 Å². The van der Waals surface area contributed by atoms with Crippen LogP contribution < -0.4 is 5.32 Å². The number of piperidine rings is 1. The van der Waals surface area contributed by atoms with Crippen LogP contribution in [0, 0.1) is 5.92 Å². The number of thioether (sulfide) groups is 1. The first kappa shape index (κ1) is 15.7. The lowest BCUT2D eigenvalue weighted by Gasteiger charge is -2.35. The third-order valence-electron chi connectivity index (χ3n) is 3.89. The van der Waals surface area contributed by atoms with Gasteiger partial charge in [0.15, 0.2) is 0 Å². The summed E-state index contributed by atoms with van der Waals surface area (Å²) in [7, 11) is 2.20. The van der Waals surface area contributed by atoms with Gasteiger partial charge in [-0.15, -0.1) is 11.8 Å². The predicted octanol–water partition coefficient (Wildman–Crippen LogP) is 2.91. The highest BCUT2D eigenvalue weighted by atomic mass is 32.2. The van der Waals surface area contributed by atoms with Crippen LogP contribution >= 0.6 is 11.8 Å². The number of nitrogens with one attached hydrogen (secondary N) is 1. The first-order valence-electron chi connectivity index (χ1n) is 7.48. The fourth-order valence-electron chi connectivity index (χ4n) is 2.68. The van der Waals surface area contributed by atoms with Crippen molar-refractivity contribution in [1.29, 1.82) is 0 Å². The Hall–Kier alpha value is -0.710. The van der Waals surface area contributed by atoms with Crippen molar-refractivity contribution in [1.82, 2.24) is 4.90 Å². The number of likely N-dealkylation sites (tertiary alicyclic amines) is 1. The molecule has 2 atom stereocenters. The van der Waals surface area contributed by atoms with Crippen LogP contribution in [0.4, 0.5) is 5.69 Å². The molecule has 2 unspecified atom stereocenters. The van der Waals surface area contributed by atoms with Crippen molar-refractivity contribution in [3.05, 3.63) is 24.3 Å². The second-order valence-corrected chi connectivity index (χ2v) is 6.90. The number of hydrogen-bond acceptors (Lipinski definition) is 4. The molecule has 4 heteroatoms. The fourth-order valence-corrected chi connectivity index (χ4v) is 3.52. The number of rotatable bonds is 6. The van der Waals surface area contributed by atoms with Gasteiger partial charge in [0.2, 0.25) is 0 Å². The van der Waals surface area contributed by atoms with E-state index >= 15 is 0 Å². The maximum atomic E-state index is 8.79. The summed E-state index contributed by atoms with van der Waals surface area (Å²) >= 11 is 1.81. The summed E-state index contributed by atoms with van der Waals surface area (Å²) in [4.78, 5) is 3.68.